The largest absolute Gasteiger partial charge is 0.508 e. The predicted octanol–water partition coefficient (Wildman–Crippen LogP) is 2.79. The maximum Gasteiger partial charge on any atom is 0.305 e. The molecule has 3 aliphatic heterocycles. The van der Waals surface area contributed by atoms with Crippen molar-refractivity contribution in [3.05, 3.63) is 82.4 Å². The lowest BCUT2D eigenvalue weighted by atomic mass is 9.74. The van der Waals surface area contributed by atoms with Crippen LogP contribution in [0, 0.1) is 0 Å². The summed E-state index contributed by atoms with van der Waals surface area (Å²) in [7, 11) is 0. The van der Waals surface area contributed by atoms with Crippen LogP contribution < -0.4 is 14.2 Å². The van der Waals surface area contributed by atoms with E-state index in [0.717, 1.165) is 12.1 Å². The summed E-state index contributed by atoms with van der Waals surface area (Å²) in [6.07, 6.45) is -3.93. The first kappa shape index (κ1) is 25.7. The van der Waals surface area contributed by atoms with Crippen LogP contribution in [0.1, 0.15) is 39.8 Å². The number of fused-ring (bicyclic) bond motifs is 7. The number of aliphatic hydroxyl groups excluding tert-OH is 2. The van der Waals surface area contributed by atoms with Gasteiger partial charge in [0, 0.05) is 46.9 Å². The van der Waals surface area contributed by atoms with Crippen molar-refractivity contribution in [1.82, 2.24) is 0 Å². The SMILES string of the molecule is Oc1cc(O)c2c(c1)O[C@@]1(c3ccc(O)c(O)c3)Oc3cc4c(c(O)c3[C@H]2[C@H]1O)C[C@@H](O)[C@H](c1ccc(O)c(O)c1)O4. The molecule has 0 amide bonds. The standard InChI is InChI=1S/C30H24O12/c31-13-7-19(36)24-22(8-13)41-30(12-2-4-16(33)18(35)6-12)29(39)26(24)25-23(42-30)10-21-14(27(25)38)9-20(37)28(40-21)11-1-3-15(32)17(34)5-11/h1-8,10,20,26,28-29,31-39H,9H2/t20-,26+,28+,29-,30+/m1/s1. The van der Waals surface area contributed by atoms with Crippen molar-refractivity contribution in [2.45, 2.75) is 36.4 Å². The minimum atomic E-state index is -2.09. The third-order valence-corrected chi connectivity index (χ3v) is 8.04. The van der Waals surface area contributed by atoms with Crippen LogP contribution in [-0.4, -0.2) is 58.2 Å². The summed E-state index contributed by atoms with van der Waals surface area (Å²) >= 11 is 0. The molecule has 0 spiro atoms. The highest BCUT2D eigenvalue weighted by Crippen LogP contribution is 2.61. The number of aromatic hydroxyl groups is 7. The predicted molar refractivity (Wildman–Crippen MR) is 141 cm³/mol. The van der Waals surface area contributed by atoms with E-state index in [1.807, 2.05) is 0 Å². The summed E-state index contributed by atoms with van der Waals surface area (Å²) in [5, 5.41) is 95.1. The summed E-state index contributed by atoms with van der Waals surface area (Å²) in [5.41, 5.74) is 0.722. The molecule has 5 atom stereocenters. The van der Waals surface area contributed by atoms with Crippen LogP contribution in [0.15, 0.2) is 54.6 Å². The number of aliphatic hydroxyl groups is 2. The van der Waals surface area contributed by atoms with Crippen LogP contribution in [0.3, 0.4) is 0 Å². The van der Waals surface area contributed by atoms with Crippen molar-refractivity contribution < 1.29 is 60.2 Å². The summed E-state index contributed by atoms with van der Waals surface area (Å²) in [6, 6.07) is 11.3. The molecule has 2 bridgehead atoms. The molecule has 216 valence electrons. The van der Waals surface area contributed by atoms with Crippen LogP contribution in [0.25, 0.3) is 0 Å². The van der Waals surface area contributed by atoms with Crippen LogP contribution in [0.2, 0.25) is 0 Å². The lowest BCUT2D eigenvalue weighted by Crippen LogP contribution is -2.57. The number of phenolic OH excluding ortho intramolecular Hbond substituents is 7. The first-order valence-corrected chi connectivity index (χ1v) is 12.9. The van der Waals surface area contributed by atoms with Gasteiger partial charge in [0.15, 0.2) is 23.0 Å². The van der Waals surface area contributed by atoms with Crippen LogP contribution in [-0.2, 0) is 12.2 Å². The highest BCUT2D eigenvalue weighted by atomic mass is 16.7. The Hall–Kier alpha value is -5.20. The van der Waals surface area contributed by atoms with E-state index in [-0.39, 0.29) is 63.2 Å². The quantitative estimate of drug-likeness (QED) is 0.158. The number of hydrogen-bond acceptors (Lipinski definition) is 12. The molecule has 12 heteroatoms. The summed E-state index contributed by atoms with van der Waals surface area (Å²) in [5.74, 6) is -6.12. The first-order chi connectivity index (χ1) is 20.0. The van der Waals surface area contributed by atoms with Gasteiger partial charge in [-0.1, -0.05) is 6.07 Å². The average Bonchev–Trinajstić information content (AvgIpc) is 2.92. The van der Waals surface area contributed by atoms with Crippen molar-refractivity contribution in [2.24, 2.45) is 0 Å². The van der Waals surface area contributed by atoms with Crippen molar-refractivity contribution in [3.8, 4) is 57.5 Å². The molecule has 0 radical (unpaired) electrons. The molecule has 0 aromatic heterocycles. The zero-order valence-corrected chi connectivity index (χ0v) is 21.5. The van der Waals surface area contributed by atoms with Crippen molar-refractivity contribution in [2.75, 3.05) is 0 Å². The van der Waals surface area contributed by atoms with Gasteiger partial charge in [-0.15, -0.1) is 0 Å². The highest BCUT2D eigenvalue weighted by Gasteiger charge is 2.59. The number of benzene rings is 4. The van der Waals surface area contributed by atoms with Gasteiger partial charge in [0.1, 0.15) is 46.7 Å². The van der Waals surface area contributed by atoms with Gasteiger partial charge in [-0.25, -0.2) is 0 Å². The zero-order valence-electron chi connectivity index (χ0n) is 21.5. The van der Waals surface area contributed by atoms with Crippen LogP contribution in [0.4, 0.5) is 0 Å². The lowest BCUT2D eigenvalue weighted by molar-refractivity contribution is -0.218. The van der Waals surface area contributed by atoms with E-state index in [2.05, 4.69) is 0 Å². The second-order valence-corrected chi connectivity index (χ2v) is 10.5. The normalized spacial score (nSPS) is 25.2. The molecular formula is C30H24O12. The van der Waals surface area contributed by atoms with E-state index in [1.54, 1.807) is 0 Å². The highest BCUT2D eigenvalue weighted by molar-refractivity contribution is 5.67. The van der Waals surface area contributed by atoms with Gasteiger partial charge >= 0.3 is 5.79 Å². The molecule has 4 aromatic rings. The van der Waals surface area contributed by atoms with Gasteiger partial charge in [0.2, 0.25) is 0 Å². The molecule has 0 unspecified atom stereocenters. The van der Waals surface area contributed by atoms with E-state index in [9.17, 15) is 46.0 Å². The Kier molecular flexibility index (Phi) is 5.30. The third-order valence-electron chi connectivity index (χ3n) is 8.04. The Morgan fingerprint density at radius 3 is 2.00 bits per heavy atom. The molecule has 42 heavy (non-hydrogen) atoms. The van der Waals surface area contributed by atoms with Crippen molar-refractivity contribution in [1.29, 1.82) is 0 Å². The number of rotatable bonds is 2. The molecule has 7 rings (SSSR count). The van der Waals surface area contributed by atoms with Gasteiger partial charge in [-0.2, -0.15) is 0 Å². The Balaban J connectivity index is 1.43. The Morgan fingerprint density at radius 2 is 1.31 bits per heavy atom. The monoisotopic (exact) mass is 576 g/mol. The maximum atomic E-state index is 11.8. The van der Waals surface area contributed by atoms with Crippen LogP contribution >= 0.6 is 0 Å². The smallest absolute Gasteiger partial charge is 0.305 e. The summed E-state index contributed by atoms with van der Waals surface area (Å²) < 4.78 is 18.4. The molecule has 3 aliphatic rings. The Bertz CT molecular complexity index is 1790. The Morgan fingerprint density at radius 1 is 0.643 bits per heavy atom. The molecule has 0 fully saturated rings. The minimum absolute atomic E-state index is 0.0177. The Labute approximate surface area is 236 Å². The van der Waals surface area contributed by atoms with Gasteiger partial charge < -0.3 is 60.2 Å². The summed E-state index contributed by atoms with van der Waals surface area (Å²) in [4.78, 5) is 0. The molecule has 12 nitrogen and oxygen atoms in total. The van der Waals surface area contributed by atoms with E-state index in [4.69, 9.17) is 14.2 Å². The second kappa shape index (κ2) is 8.65. The molecule has 4 aromatic carbocycles. The van der Waals surface area contributed by atoms with E-state index < -0.39 is 53.0 Å². The van der Waals surface area contributed by atoms with Gasteiger partial charge in [-0.3, -0.25) is 0 Å². The van der Waals surface area contributed by atoms with E-state index in [0.29, 0.717) is 5.56 Å². The van der Waals surface area contributed by atoms with E-state index in [1.165, 1.54) is 42.5 Å². The number of hydrogen-bond donors (Lipinski definition) is 9. The third kappa shape index (κ3) is 3.49. The average molecular weight is 577 g/mol. The molecule has 0 saturated carbocycles. The number of ether oxygens (including phenoxy) is 3. The fraction of sp³-hybridized carbons (Fsp3) is 0.200. The van der Waals surface area contributed by atoms with Gasteiger partial charge in [0.25, 0.3) is 0 Å². The van der Waals surface area contributed by atoms with Crippen molar-refractivity contribution >= 4 is 0 Å². The fourth-order valence-corrected chi connectivity index (χ4v) is 6.08. The molecule has 3 heterocycles. The molecule has 0 saturated heterocycles. The maximum absolute atomic E-state index is 11.8. The van der Waals surface area contributed by atoms with E-state index >= 15 is 0 Å². The minimum Gasteiger partial charge on any atom is -0.508 e. The zero-order chi connectivity index (χ0) is 29.7. The molecule has 9 N–H and O–H groups in total. The number of phenols is 7. The first-order valence-electron chi connectivity index (χ1n) is 12.9. The lowest BCUT2D eigenvalue weighted by Gasteiger charge is -2.50. The molecule has 0 aliphatic carbocycles. The van der Waals surface area contributed by atoms with Gasteiger partial charge in [0.05, 0.1) is 12.0 Å². The second-order valence-electron chi connectivity index (χ2n) is 10.5. The van der Waals surface area contributed by atoms with Crippen LogP contribution in [0.5, 0.6) is 57.5 Å². The topological polar surface area (TPSA) is 210 Å². The van der Waals surface area contributed by atoms with Crippen molar-refractivity contribution in [3.63, 3.8) is 0 Å². The summed E-state index contributed by atoms with van der Waals surface area (Å²) in [6.45, 7) is 0. The van der Waals surface area contributed by atoms with Gasteiger partial charge in [-0.05, 0) is 35.9 Å². The molecular weight excluding hydrogens is 552 g/mol. The fourth-order valence-electron chi connectivity index (χ4n) is 6.08.